The third kappa shape index (κ3) is 4.96. The highest BCUT2D eigenvalue weighted by molar-refractivity contribution is 6.00. The third-order valence-corrected chi connectivity index (χ3v) is 5.61. The number of carboxylic acids is 1. The number of aromatic nitrogens is 1. The van der Waals surface area contributed by atoms with Crippen molar-refractivity contribution in [3.63, 3.8) is 0 Å². The Kier molecular flexibility index (Phi) is 6.41. The predicted octanol–water partition coefficient (Wildman–Crippen LogP) is 7.65. The lowest BCUT2D eigenvalue weighted by Gasteiger charge is -2.16. The monoisotopic (exact) mass is 461 g/mol. The molecule has 0 fully saturated rings. The van der Waals surface area contributed by atoms with E-state index >= 15 is 0 Å². The van der Waals surface area contributed by atoms with Crippen molar-refractivity contribution in [2.75, 3.05) is 0 Å². The van der Waals surface area contributed by atoms with Crippen LogP contribution >= 0.6 is 0 Å². The summed E-state index contributed by atoms with van der Waals surface area (Å²) in [6.07, 6.45) is -1.38. The van der Waals surface area contributed by atoms with Gasteiger partial charge >= 0.3 is 12.1 Å². The lowest BCUT2D eigenvalue weighted by Crippen LogP contribution is -2.05. The van der Waals surface area contributed by atoms with E-state index in [1.807, 2.05) is 49.4 Å². The molecular weight excluding hydrogens is 439 g/mol. The topological polar surface area (TPSA) is 53.1 Å². The minimum Gasteiger partial charge on any atom is -0.478 e. The second-order valence-corrected chi connectivity index (χ2v) is 7.85. The summed E-state index contributed by atoms with van der Waals surface area (Å²) in [5.74, 6) is -1.04. The number of para-hydroxylation sites is 1. The summed E-state index contributed by atoms with van der Waals surface area (Å²) >= 11 is 0. The van der Waals surface area contributed by atoms with Crippen molar-refractivity contribution >= 4 is 34.1 Å². The number of benzene rings is 3. The predicted molar refractivity (Wildman–Crippen MR) is 129 cm³/mol. The van der Waals surface area contributed by atoms with Gasteiger partial charge in [-0.15, -0.1) is 0 Å². The summed E-state index contributed by atoms with van der Waals surface area (Å²) < 4.78 is 40.3. The SMILES string of the molecule is CC/C(=C(/c1ccc(/C=C/C(=O)O)cc1)c1cc2ccccc2[nH]1)c1cccc(C(F)(F)F)c1. The van der Waals surface area contributed by atoms with Crippen molar-refractivity contribution in [2.24, 2.45) is 0 Å². The first kappa shape index (κ1) is 23.1. The van der Waals surface area contributed by atoms with Crippen LogP contribution in [0.4, 0.5) is 13.2 Å². The Morgan fingerprint density at radius 2 is 1.68 bits per heavy atom. The Balaban J connectivity index is 1.93. The zero-order valence-corrected chi connectivity index (χ0v) is 18.4. The van der Waals surface area contributed by atoms with Crippen LogP contribution < -0.4 is 0 Å². The van der Waals surface area contributed by atoms with Gasteiger partial charge in [0.05, 0.1) is 5.56 Å². The van der Waals surface area contributed by atoms with Gasteiger partial charge in [0, 0.05) is 28.2 Å². The molecule has 3 aromatic carbocycles. The minimum absolute atomic E-state index is 0.501. The van der Waals surface area contributed by atoms with Gasteiger partial charge in [0.1, 0.15) is 0 Å². The Bertz CT molecular complexity index is 1360. The molecule has 0 aliphatic carbocycles. The molecule has 0 unspecified atom stereocenters. The number of hydrogen-bond donors (Lipinski definition) is 2. The van der Waals surface area contributed by atoms with E-state index in [1.165, 1.54) is 18.2 Å². The number of nitrogens with one attached hydrogen (secondary N) is 1. The Morgan fingerprint density at radius 1 is 0.941 bits per heavy atom. The van der Waals surface area contributed by atoms with Crippen LogP contribution in [0.3, 0.4) is 0 Å². The molecule has 0 saturated carbocycles. The average Bonchev–Trinajstić information content (AvgIpc) is 3.25. The average molecular weight is 461 g/mol. The van der Waals surface area contributed by atoms with Gasteiger partial charge in [-0.2, -0.15) is 13.2 Å². The number of fused-ring (bicyclic) bond motifs is 1. The van der Waals surface area contributed by atoms with E-state index in [1.54, 1.807) is 18.2 Å². The van der Waals surface area contributed by atoms with E-state index in [0.717, 1.165) is 45.4 Å². The maximum absolute atomic E-state index is 13.4. The second kappa shape index (κ2) is 9.43. The van der Waals surface area contributed by atoms with E-state index in [2.05, 4.69) is 4.98 Å². The summed E-state index contributed by atoms with van der Waals surface area (Å²) in [6, 6.07) is 22.4. The molecular formula is C28H22F3NO2. The molecule has 6 heteroatoms. The zero-order chi connectivity index (χ0) is 24.3. The molecule has 0 atom stereocenters. The number of H-pyrrole nitrogens is 1. The standard InChI is InChI=1S/C28H22F3NO2/c1-2-23(20-7-5-8-22(16-20)28(29,30)31)27(25-17-21-6-3-4-9-24(21)32-25)19-13-10-18(11-14-19)12-15-26(33)34/h3-17,32H,2H2,1H3,(H,33,34)/b15-12+,27-23+. The molecule has 0 spiro atoms. The summed E-state index contributed by atoms with van der Waals surface area (Å²) in [6.45, 7) is 1.92. The molecule has 0 aliphatic rings. The normalized spacial score (nSPS) is 12.8. The molecule has 0 saturated heterocycles. The fraction of sp³-hybridized carbons (Fsp3) is 0.107. The number of allylic oxidation sites excluding steroid dienone is 1. The van der Waals surface area contributed by atoms with E-state index in [0.29, 0.717) is 17.5 Å². The molecule has 4 aromatic rings. The van der Waals surface area contributed by atoms with E-state index < -0.39 is 17.7 Å². The van der Waals surface area contributed by atoms with Gasteiger partial charge in [0.2, 0.25) is 0 Å². The molecule has 0 amide bonds. The van der Waals surface area contributed by atoms with Crippen LogP contribution in [-0.2, 0) is 11.0 Å². The van der Waals surface area contributed by atoms with Crippen LogP contribution in [0.15, 0.2) is 84.9 Å². The summed E-state index contributed by atoms with van der Waals surface area (Å²) in [5, 5.41) is 9.86. The van der Waals surface area contributed by atoms with E-state index in [-0.39, 0.29) is 0 Å². The smallest absolute Gasteiger partial charge is 0.416 e. The van der Waals surface area contributed by atoms with Crippen molar-refractivity contribution in [2.45, 2.75) is 19.5 Å². The third-order valence-electron chi connectivity index (χ3n) is 5.61. The van der Waals surface area contributed by atoms with Gasteiger partial charge in [-0.05, 0) is 59.0 Å². The summed E-state index contributed by atoms with van der Waals surface area (Å²) in [4.78, 5) is 14.2. The van der Waals surface area contributed by atoms with Crippen molar-refractivity contribution in [1.82, 2.24) is 4.98 Å². The Labute approximate surface area is 194 Å². The number of rotatable bonds is 6. The fourth-order valence-electron chi connectivity index (χ4n) is 4.04. The number of carboxylic acid groups (broad SMARTS) is 1. The molecule has 0 bridgehead atoms. The number of aromatic amines is 1. The Morgan fingerprint density at radius 3 is 2.32 bits per heavy atom. The number of alkyl halides is 3. The van der Waals surface area contributed by atoms with Gasteiger partial charge in [-0.25, -0.2) is 4.79 Å². The number of hydrogen-bond acceptors (Lipinski definition) is 1. The molecule has 2 N–H and O–H groups in total. The molecule has 4 rings (SSSR count). The lowest BCUT2D eigenvalue weighted by molar-refractivity contribution is -0.137. The lowest BCUT2D eigenvalue weighted by atomic mass is 9.89. The molecule has 1 heterocycles. The van der Waals surface area contributed by atoms with Crippen molar-refractivity contribution < 1.29 is 23.1 Å². The van der Waals surface area contributed by atoms with Crippen LogP contribution in [0.2, 0.25) is 0 Å². The maximum atomic E-state index is 13.4. The fourth-order valence-corrected chi connectivity index (χ4v) is 4.04. The number of aliphatic carboxylic acids is 1. The van der Waals surface area contributed by atoms with Crippen LogP contribution in [0.25, 0.3) is 28.1 Å². The molecule has 1 aromatic heterocycles. The van der Waals surface area contributed by atoms with Crippen molar-refractivity contribution in [3.8, 4) is 0 Å². The Hall–Kier alpha value is -4.06. The quantitative estimate of drug-likeness (QED) is 0.229. The first-order valence-corrected chi connectivity index (χ1v) is 10.8. The first-order valence-electron chi connectivity index (χ1n) is 10.8. The number of carbonyl (C=O) groups is 1. The van der Waals surface area contributed by atoms with E-state index in [4.69, 9.17) is 5.11 Å². The highest BCUT2D eigenvalue weighted by Gasteiger charge is 2.30. The summed E-state index contributed by atoms with van der Waals surface area (Å²) in [7, 11) is 0. The largest absolute Gasteiger partial charge is 0.478 e. The van der Waals surface area contributed by atoms with Crippen LogP contribution in [-0.4, -0.2) is 16.1 Å². The molecule has 34 heavy (non-hydrogen) atoms. The van der Waals surface area contributed by atoms with Gasteiger partial charge in [-0.3, -0.25) is 0 Å². The highest BCUT2D eigenvalue weighted by Crippen LogP contribution is 2.37. The molecule has 172 valence electrons. The number of halogens is 3. The second-order valence-electron chi connectivity index (χ2n) is 7.85. The highest BCUT2D eigenvalue weighted by atomic mass is 19.4. The van der Waals surface area contributed by atoms with E-state index in [9.17, 15) is 18.0 Å². The van der Waals surface area contributed by atoms with Crippen molar-refractivity contribution in [3.05, 3.63) is 113 Å². The molecule has 0 aliphatic heterocycles. The van der Waals surface area contributed by atoms with Crippen LogP contribution in [0, 0.1) is 0 Å². The van der Waals surface area contributed by atoms with Crippen LogP contribution in [0.5, 0.6) is 0 Å². The zero-order valence-electron chi connectivity index (χ0n) is 18.4. The van der Waals surface area contributed by atoms with Gasteiger partial charge in [-0.1, -0.05) is 61.5 Å². The maximum Gasteiger partial charge on any atom is 0.416 e. The van der Waals surface area contributed by atoms with Gasteiger partial charge in [0.25, 0.3) is 0 Å². The van der Waals surface area contributed by atoms with Crippen molar-refractivity contribution in [1.29, 1.82) is 0 Å². The minimum atomic E-state index is -4.44. The van der Waals surface area contributed by atoms with Gasteiger partial charge < -0.3 is 10.1 Å². The van der Waals surface area contributed by atoms with Gasteiger partial charge in [0.15, 0.2) is 0 Å². The summed E-state index contributed by atoms with van der Waals surface area (Å²) in [5.41, 5.74) is 4.62. The molecule has 0 radical (unpaired) electrons. The van der Waals surface area contributed by atoms with Crippen LogP contribution in [0.1, 0.15) is 41.3 Å². The molecule has 3 nitrogen and oxygen atoms in total. The first-order chi connectivity index (χ1) is 16.3.